The van der Waals surface area contributed by atoms with Gasteiger partial charge in [0.25, 0.3) is 0 Å². The van der Waals surface area contributed by atoms with Gasteiger partial charge >= 0.3 is 0 Å². The minimum absolute atomic E-state index is 0.744. The van der Waals surface area contributed by atoms with Crippen molar-refractivity contribution in [3.05, 3.63) is 35.4 Å². The van der Waals surface area contributed by atoms with Crippen molar-refractivity contribution in [2.45, 2.75) is 26.8 Å². The van der Waals surface area contributed by atoms with E-state index < -0.39 is 0 Å². The van der Waals surface area contributed by atoms with Crippen LogP contribution in [0.2, 0.25) is 0 Å². The number of aryl methyl sites for hydroxylation is 1. The summed E-state index contributed by atoms with van der Waals surface area (Å²) in [7, 11) is 4.24. The summed E-state index contributed by atoms with van der Waals surface area (Å²) < 4.78 is 0. The van der Waals surface area contributed by atoms with Crippen molar-refractivity contribution in [2.75, 3.05) is 27.2 Å². The molecule has 0 fully saturated rings. The Labute approximate surface area is 106 Å². The number of nitrogens with zero attached hydrogens (tertiary/aromatic N) is 1. The Morgan fingerprint density at radius 3 is 2.59 bits per heavy atom. The van der Waals surface area contributed by atoms with Crippen LogP contribution in [0, 0.1) is 12.8 Å². The fourth-order valence-electron chi connectivity index (χ4n) is 2.21. The van der Waals surface area contributed by atoms with E-state index in [9.17, 15) is 0 Å². The lowest BCUT2D eigenvalue weighted by Gasteiger charge is -2.23. The van der Waals surface area contributed by atoms with Crippen molar-refractivity contribution in [3.63, 3.8) is 0 Å². The molecule has 96 valence electrons. The highest BCUT2D eigenvalue weighted by Crippen LogP contribution is 2.11. The van der Waals surface area contributed by atoms with Gasteiger partial charge in [-0.2, -0.15) is 0 Å². The maximum absolute atomic E-state index is 3.27. The summed E-state index contributed by atoms with van der Waals surface area (Å²) >= 11 is 0. The first-order chi connectivity index (χ1) is 8.17. The van der Waals surface area contributed by atoms with Crippen LogP contribution in [0.25, 0.3) is 0 Å². The highest BCUT2D eigenvalue weighted by atomic mass is 15.1. The van der Waals surface area contributed by atoms with Gasteiger partial charge in [0.05, 0.1) is 0 Å². The smallest absolute Gasteiger partial charge is 0.0233 e. The van der Waals surface area contributed by atoms with Gasteiger partial charge in [0.1, 0.15) is 0 Å². The van der Waals surface area contributed by atoms with E-state index in [0.29, 0.717) is 0 Å². The summed E-state index contributed by atoms with van der Waals surface area (Å²) in [5.41, 5.74) is 2.83. The molecular weight excluding hydrogens is 208 g/mol. The molecule has 1 aromatic carbocycles. The van der Waals surface area contributed by atoms with E-state index >= 15 is 0 Å². The van der Waals surface area contributed by atoms with E-state index in [1.807, 2.05) is 7.05 Å². The predicted octanol–water partition coefficient (Wildman–Crippen LogP) is 2.67. The lowest BCUT2D eigenvalue weighted by molar-refractivity contribution is 0.261. The van der Waals surface area contributed by atoms with Gasteiger partial charge in [-0.05, 0) is 44.6 Å². The topological polar surface area (TPSA) is 15.3 Å². The van der Waals surface area contributed by atoms with Crippen molar-refractivity contribution in [1.82, 2.24) is 10.2 Å². The van der Waals surface area contributed by atoms with Crippen molar-refractivity contribution in [1.29, 1.82) is 0 Å². The average molecular weight is 234 g/mol. The Kier molecular flexibility index (Phi) is 6.23. The molecule has 0 amide bonds. The van der Waals surface area contributed by atoms with Crippen LogP contribution >= 0.6 is 0 Å². The van der Waals surface area contributed by atoms with Crippen molar-refractivity contribution in [3.8, 4) is 0 Å². The summed E-state index contributed by atoms with van der Waals surface area (Å²) in [6, 6.07) is 8.65. The normalized spacial score (nSPS) is 13.0. The quantitative estimate of drug-likeness (QED) is 0.780. The standard InChI is InChI=1S/C15H26N2/c1-5-14(10-16-3)11-17(4)12-15-9-7-6-8-13(15)2/h6-9,14,16H,5,10-12H2,1-4H3. The number of hydrogen-bond donors (Lipinski definition) is 1. The molecule has 1 atom stereocenters. The molecule has 0 saturated carbocycles. The Balaban J connectivity index is 2.49. The second kappa shape index (κ2) is 7.46. The van der Waals surface area contributed by atoms with Gasteiger partial charge in [-0.15, -0.1) is 0 Å². The Bertz CT molecular complexity index is 322. The Morgan fingerprint density at radius 1 is 1.29 bits per heavy atom. The largest absolute Gasteiger partial charge is 0.319 e. The third-order valence-corrected chi connectivity index (χ3v) is 3.34. The molecule has 0 spiro atoms. The first kappa shape index (κ1) is 14.2. The van der Waals surface area contributed by atoms with Gasteiger partial charge in [-0.1, -0.05) is 37.6 Å². The third kappa shape index (κ3) is 4.88. The molecule has 0 aromatic heterocycles. The van der Waals surface area contributed by atoms with E-state index in [1.165, 1.54) is 17.5 Å². The summed E-state index contributed by atoms with van der Waals surface area (Å²) in [5, 5.41) is 3.27. The van der Waals surface area contributed by atoms with Gasteiger partial charge in [0.15, 0.2) is 0 Å². The van der Waals surface area contributed by atoms with E-state index in [1.54, 1.807) is 0 Å². The molecule has 0 aliphatic carbocycles. The lowest BCUT2D eigenvalue weighted by Crippen LogP contribution is -2.30. The zero-order valence-corrected chi connectivity index (χ0v) is 11.7. The molecule has 1 aromatic rings. The first-order valence-electron chi connectivity index (χ1n) is 6.55. The molecule has 17 heavy (non-hydrogen) atoms. The van der Waals surface area contributed by atoms with Gasteiger partial charge in [-0.25, -0.2) is 0 Å². The SMILES string of the molecule is CCC(CNC)CN(C)Cc1ccccc1C. The fourth-order valence-corrected chi connectivity index (χ4v) is 2.21. The van der Waals surface area contributed by atoms with Gasteiger partial charge in [0.2, 0.25) is 0 Å². The molecule has 0 bridgehead atoms. The molecule has 1 unspecified atom stereocenters. The van der Waals surface area contributed by atoms with Crippen LogP contribution in [-0.4, -0.2) is 32.1 Å². The van der Waals surface area contributed by atoms with Crippen LogP contribution in [0.4, 0.5) is 0 Å². The van der Waals surface area contributed by atoms with E-state index in [4.69, 9.17) is 0 Å². The molecule has 0 aliphatic heterocycles. The molecular formula is C15H26N2. The predicted molar refractivity (Wildman–Crippen MR) is 75.2 cm³/mol. The molecule has 1 rings (SSSR count). The van der Waals surface area contributed by atoms with Crippen LogP contribution in [0.5, 0.6) is 0 Å². The average Bonchev–Trinajstić information content (AvgIpc) is 2.31. The molecule has 0 radical (unpaired) electrons. The van der Waals surface area contributed by atoms with Gasteiger partial charge < -0.3 is 10.2 Å². The summed E-state index contributed by atoms with van der Waals surface area (Å²) in [6.45, 7) is 7.77. The highest BCUT2D eigenvalue weighted by molar-refractivity contribution is 5.25. The number of hydrogen-bond acceptors (Lipinski definition) is 2. The zero-order valence-electron chi connectivity index (χ0n) is 11.7. The molecule has 0 heterocycles. The monoisotopic (exact) mass is 234 g/mol. The fraction of sp³-hybridized carbons (Fsp3) is 0.600. The summed E-state index contributed by atoms with van der Waals surface area (Å²) in [6.07, 6.45) is 1.24. The first-order valence-corrected chi connectivity index (χ1v) is 6.55. The van der Waals surface area contributed by atoms with Crippen LogP contribution in [0.15, 0.2) is 24.3 Å². The van der Waals surface area contributed by atoms with Crippen molar-refractivity contribution < 1.29 is 0 Å². The van der Waals surface area contributed by atoms with Crippen LogP contribution in [-0.2, 0) is 6.54 Å². The minimum atomic E-state index is 0.744. The molecule has 0 aliphatic rings. The summed E-state index contributed by atoms with van der Waals surface area (Å²) in [5.74, 6) is 0.744. The Morgan fingerprint density at radius 2 is 2.00 bits per heavy atom. The minimum Gasteiger partial charge on any atom is -0.319 e. The molecule has 0 saturated heterocycles. The molecule has 1 N–H and O–H groups in total. The number of benzene rings is 1. The second-order valence-corrected chi connectivity index (χ2v) is 4.96. The second-order valence-electron chi connectivity index (χ2n) is 4.96. The Hall–Kier alpha value is -0.860. The molecule has 2 nitrogen and oxygen atoms in total. The summed E-state index contributed by atoms with van der Waals surface area (Å²) in [4.78, 5) is 2.42. The van der Waals surface area contributed by atoms with Crippen molar-refractivity contribution >= 4 is 0 Å². The number of rotatable bonds is 7. The molecule has 2 heteroatoms. The van der Waals surface area contributed by atoms with Gasteiger partial charge in [-0.3, -0.25) is 0 Å². The lowest BCUT2D eigenvalue weighted by atomic mass is 10.0. The number of nitrogens with one attached hydrogen (secondary N) is 1. The van der Waals surface area contributed by atoms with Gasteiger partial charge in [0, 0.05) is 13.1 Å². The van der Waals surface area contributed by atoms with Crippen LogP contribution < -0.4 is 5.32 Å². The highest BCUT2D eigenvalue weighted by Gasteiger charge is 2.09. The third-order valence-electron chi connectivity index (χ3n) is 3.34. The van der Waals surface area contributed by atoms with E-state index in [-0.39, 0.29) is 0 Å². The van der Waals surface area contributed by atoms with E-state index in [0.717, 1.165) is 25.6 Å². The zero-order chi connectivity index (χ0) is 12.7. The maximum atomic E-state index is 3.27. The van der Waals surface area contributed by atoms with E-state index in [2.05, 4.69) is 55.4 Å². The van der Waals surface area contributed by atoms with Crippen LogP contribution in [0.1, 0.15) is 24.5 Å². The van der Waals surface area contributed by atoms with Crippen LogP contribution in [0.3, 0.4) is 0 Å². The maximum Gasteiger partial charge on any atom is 0.0233 e. The van der Waals surface area contributed by atoms with Crippen molar-refractivity contribution in [2.24, 2.45) is 5.92 Å².